The number of likely N-dealkylation sites (N-methyl/N-ethyl adjacent to an activating group) is 1. The van der Waals surface area contributed by atoms with Gasteiger partial charge in [-0.3, -0.25) is 14.4 Å². The fourth-order valence-corrected chi connectivity index (χ4v) is 6.23. The van der Waals surface area contributed by atoms with Crippen LogP contribution in [-0.4, -0.2) is 54.6 Å². The Labute approximate surface area is 182 Å². The number of carbonyl (C=O) groups is 3. The lowest BCUT2D eigenvalue weighted by molar-refractivity contribution is -0.133. The number of amides is 2. The molecular formula is C24H30N2O3S. The first-order chi connectivity index (χ1) is 14.4. The van der Waals surface area contributed by atoms with Gasteiger partial charge in [0.1, 0.15) is 6.04 Å². The van der Waals surface area contributed by atoms with Crippen LogP contribution >= 0.6 is 11.8 Å². The smallest absolute Gasteiger partial charge is 0.248 e. The summed E-state index contributed by atoms with van der Waals surface area (Å²) in [5.74, 6) is 1.31. The molecule has 0 unspecified atom stereocenters. The third-order valence-corrected chi connectivity index (χ3v) is 7.67. The number of nitrogens with one attached hydrogen (secondary N) is 1. The fraction of sp³-hybridized carbons (Fsp3) is 0.542. The molecule has 5 atom stereocenters. The minimum Gasteiger partial charge on any atom is -0.347 e. The minimum atomic E-state index is -0.572. The number of hydrogen-bond acceptors (Lipinski definition) is 4. The average Bonchev–Trinajstić information content (AvgIpc) is 3.43. The fourth-order valence-electron chi connectivity index (χ4n) is 5.76. The summed E-state index contributed by atoms with van der Waals surface area (Å²) >= 11 is 1.65. The molecule has 1 aromatic carbocycles. The van der Waals surface area contributed by atoms with Crippen molar-refractivity contribution in [3.8, 4) is 0 Å². The van der Waals surface area contributed by atoms with Crippen molar-refractivity contribution in [1.29, 1.82) is 0 Å². The van der Waals surface area contributed by atoms with Gasteiger partial charge < -0.3 is 10.2 Å². The number of benzene rings is 1. The van der Waals surface area contributed by atoms with Crippen LogP contribution in [0.3, 0.4) is 0 Å². The second-order valence-corrected chi connectivity index (χ2v) is 9.93. The number of hydrogen-bond donors (Lipinski definition) is 1. The molecule has 3 aliphatic carbocycles. The summed E-state index contributed by atoms with van der Waals surface area (Å²) in [6, 6.07) is 8.99. The van der Waals surface area contributed by atoms with Gasteiger partial charge in [-0.25, -0.2) is 0 Å². The predicted molar refractivity (Wildman–Crippen MR) is 120 cm³/mol. The Morgan fingerprint density at radius 3 is 2.43 bits per heavy atom. The van der Waals surface area contributed by atoms with Crippen molar-refractivity contribution < 1.29 is 14.4 Å². The van der Waals surface area contributed by atoms with E-state index in [0.717, 1.165) is 30.6 Å². The molecule has 6 heteroatoms. The number of fused-ring (bicyclic) bond motifs is 5. The highest BCUT2D eigenvalue weighted by Gasteiger charge is 2.58. The lowest BCUT2D eigenvalue weighted by Gasteiger charge is -2.27. The lowest BCUT2D eigenvalue weighted by atomic mass is 9.78. The first-order valence-electron chi connectivity index (χ1n) is 10.8. The van der Waals surface area contributed by atoms with Crippen LogP contribution < -0.4 is 5.32 Å². The summed E-state index contributed by atoms with van der Waals surface area (Å²) in [5, 5.41) is 3.01. The topological polar surface area (TPSA) is 66.5 Å². The zero-order chi connectivity index (χ0) is 21.4. The van der Waals surface area contributed by atoms with Crippen LogP contribution in [0.4, 0.5) is 0 Å². The van der Waals surface area contributed by atoms with E-state index in [1.807, 2.05) is 36.6 Å². The van der Waals surface area contributed by atoms with Gasteiger partial charge in [0.05, 0.1) is 0 Å². The van der Waals surface area contributed by atoms with E-state index in [4.69, 9.17) is 0 Å². The molecule has 1 aromatic rings. The van der Waals surface area contributed by atoms with Crippen molar-refractivity contribution in [2.24, 2.45) is 23.7 Å². The van der Waals surface area contributed by atoms with E-state index in [0.29, 0.717) is 29.4 Å². The van der Waals surface area contributed by atoms with Crippen LogP contribution in [-0.2, 0) is 14.4 Å². The van der Waals surface area contributed by atoms with Crippen molar-refractivity contribution in [2.75, 3.05) is 26.1 Å². The number of nitrogens with zero attached hydrogens (tertiary/aromatic N) is 1. The Balaban J connectivity index is 1.70. The molecule has 0 heterocycles. The van der Waals surface area contributed by atoms with Crippen LogP contribution in [0.5, 0.6) is 0 Å². The average molecular weight is 427 g/mol. The monoisotopic (exact) mass is 426 g/mol. The Hall–Kier alpha value is -2.08. The molecule has 0 saturated heterocycles. The molecule has 5 nitrogen and oxygen atoms in total. The van der Waals surface area contributed by atoms with E-state index in [2.05, 4.69) is 5.32 Å². The Bertz CT molecular complexity index is 880. The van der Waals surface area contributed by atoms with Crippen molar-refractivity contribution in [3.63, 3.8) is 0 Å². The van der Waals surface area contributed by atoms with E-state index in [9.17, 15) is 14.4 Å². The summed E-state index contributed by atoms with van der Waals surface area (Å²) in [6.45, 7) is 0. The first-order valence-corrected chi connectivity index (χ1v) is 12.2. The molecule has 0 aromatic heterocycles. The third kappa shape index (κ3) is 3.59. The molecule has 1 N–H and O–H groups in total. The maximum absolute atomic E-state index is 13.6. The Kier molecular flexibility index (Phi) is 6.05. The highest BCUT2D eigenvalue weighted by Crippen LogP contribution is 2.60. The number of carbonyl (C=O) groups excluding carboxylic acids is 3. The maximum atomic E-state index is 13.6. The van der Waals surface area contributed by atoms with E-state index in [1.54, 1.807) is 25.9 Å². The number of ketones is 1. The number of thioether (sulfide) groups is 1. The second-order valence-electron chi connectivity index (χ2n) is 8.94. The highest BCUT2D eigenvalue weighted by molar-refractivity contribution is 7.98. The van der Waals surface area contributed by atoms with Crippen molar-refractivity contribution >= 4 is 34.9 Å². The SMILES string of the molecule is CSCC[C@H](NC(=O)C1=C(c2ccccc2)C(=O)[C@@H]2[C@H]3CC[C@H](C3)[C@H]12)C(=O)N(C)C. The molecule has 2 fully saturated rings. The molecule has 2 saturated carbocycles. The van der Waals surface area contributed by atoms with Crippen molar-refractivity contribution in [3.05, 3.63) is 41.5 Å². The van der Waals surface area contributed by atoms with Gasteiger partial charge in [0.15, 0.2) is 5.78 Å². The van der Waals surface area contributed by atoms with Crippen LogP contribution in [0.2, 0.25) is 0 Å². The zero-order valence-corrected chi connectivity index (χ0v) is 18.7. The van der Waals surface area contributed by atoms with Gasteiger partial charge >= 0.3 is 0 Å². The largest absolute Gasteiger partial charge is 0.347 e. The van der Waals surface area contributed by atoms with Crippen molar-refractivity contribution in [1.82, 2.24) is 10.2 Å². The van der Waals surface area contributed by atoms with Gasteiger partial charge in [0, 0.05) is 37.1 Å². The standard InChI is InChI=1S/C24H30N2O3S/c1-26(2)24(29)17(11-12-30-3)25-23(28)21-18-15-9-10-16(13-15)20(18)22(27)19(21)14-7-5-4-6-8-14/h4-8,15-18,20H,9-13H2,1-3H3,(H,25,28)/t15-,16+,17+,18+,20-/m1/s1. The summed E-state index contributed by atoms with van der Waals surface area (Å²) in [4.78, 5) is 41.3. The van der Waals surface area contributed by atoms with Gasteiger partial charge in [-0.2, -0.15) is 11.8 Å². The summed E-state index contributed by atoms with van der Waals surface area (Å²) < 4.78 is 0. The van der Waals surface area contributed by atoms with Crippen LogP contribution in [0.25, 0.3) is 5.57 Å². The highest BCUT2D eigenvalue weighted by atomic mass is 32.2. The summed E-state index contributed by atoms with van der Waals surface area (Å²) in [7, 11) is 3.42. The number of Topliss-reactive ketones (excluding diaryl/α,β-unsaturated/α-hetero) is 1. The normalized spacial score (nSPS) is 27.9. The molecule has 0 spiro atoms. The third-order valence-electron chi connectivity index (χ3n) is 7.03. The molecule has 2 amide bonds. The van der Waals surface area contributed by atoms with E-state index in [1.165, 1.54) is 4.90 Å². The predicted octanol–water partition coefficient (Wildman–Crippen LogP) is 3.01. The molecule has 30 heavy (non-hydrogen) atoms. The second kappa shape index (κ2) is 8.58. The van der Waals surface area contributed by atoms with Gasteiger partial charge in [-0.15, -0.1) is 0 Å². The number of allylic oxidation sites excluding steroid dienone is 1. The van der Waals surface area contributed by atoms with Crippen LogP contribution in [0.15, 0.2) is 35.9 Å². The van der Waals surface area contributed by atoms with Gasteiger partial charge in [0.2, 0.25) is 11.8 Å². The van der Waals surface area contributed by atoms with Gasteiger partial charge in [0.25, 0.3) is 0 Å². The molecule has 0 radical (unpaired) electrons. The Morgan fingerprint density at radius 1 is 1.13 bits per heavy atom. The Morgan fingerprint density at radius 2 is 1.80 bits per heavy atom. The summed E-state index contributed by atoms with van der Waals surface area (Å²) in [5.41, 5.74) is 2.03. The van der Waals surface area contributed by atoms with Crippen LogP contribution in [0, 0.1) is 23.7 Å². The van der Waals surface area contributed by atoms with E-state index < -0.39 is 6.04 Å². The quantitative estimate of drug-likeness (QED) is 0.728. The molecule has 0 aliphatic heterocycles. The van der Waals surface area contributed by atoms with E-state index in [-0.39, 0.29) is 29.4 Å². The lowest BCUT2D eigenvalue weighted by Crippen LogP contribution is -2.47. The van der Waals surface area contributed by atoms with Crippen molar-refractivity contribution in [2.45, 2.75) is 31.7 Å². The maximum Gasteiger partial charge on any atom is 0.248 e. The van der Waals surface area contributed by atoms with Crippen LogP contribution in [0.1, 0.15) is 31.2 Å². The zero-order valence-electron chi connectivity index (χ0n) is 17.9. The molecular weight excluding hydrogens is 396 g/mol. The molecule has 2 bridgehead atoms. The minimum absolute atomic E-state index is 0.00196. The molecule has 160 valence electrons. The summed E-state index contributed by atoms with van der Waals surface area (Å²) in [6.07, 6.45) is 5.79. The van der Waals surface area contributed by atoms with E-state index >= 15 is 0 Å². The first kappa shape index (κ1) is 21.2. The van der Waals surface area contributed by atoms with Gasteiger partial charge in [-0.1, -0.05) is 30.3 Å². The van der Waals surface area contributed by atoms with Gasteiger partial charge in [-0.05, 0) is 55.1 Å². The number of rotatable bonds is 7. The molecule has 4 rings (SSSR count). The molecule has 3 aliphatic rings.